The summed E-state index contributed by atoms with van der Waals surface area (Å²) < 4.78 is 11.6. The molecule has 1 amide bonds. The molecular weight excluding hydrogens is 308 g/mol. The topological polar surface area (TPSA) is 67.8 Å². The van der Waals surface area contributed by atoms with E-state index in [9.17, 15) is 4.79 Å². The number of hydrogen-bond acceptors (Lipinski definition) is 6. The molecule has 130 valence electrons. The number of rotatable bonds is 2. The van der Waals surface area contributed by atoms with Gasteiger partial charge < -0.3 is 14.4 Å². The third-order valence-electron chi connectivity index (χ3n) is 5.34. The van der Waals surface area contributed by atoms with Gasteiger partial charge in [-0.2, -0.15) is 0 Å². The molecule has 3 saturated heterocycles. The van der Waals surface area contributed by atoms with Crippen molar-refractivity contribution in [2.24, 2.45) is 5.92 Å². The van der Waals surface area contributed by atoms with Crippen molar-refractivity contribution in [3.63, 3.8) is 0 Å². The predicted octanol–water partition coefficient (Wildman–Crippen LogP) is 0.428. The van der Waals surface area contributed by atoms with E-state index in [0.717, 1.165) is 52.3 Å². The predicted molar refractivity (Wildman–Crippen MR) is 86.6 cm³/mol. The summed E-state index contributed by atoms with van der Waals surface area (Å²) in [5.74, 6) is 0.408. The van der Waals surface area contributed by atoms with E-state index in [-0.39, 0.29) is 18.1 Å². The number of aromatic nitrogens is 2. The van der Waals surface area contributed by atoms with Crippen LogP contribution in [0.4, 0.5) is 0 Å². The minimum atomic E-state index is -0.000294. The zero-order valence-corrected chi connectivity index (χ0v) is 13.8. The van der Waals surface area contributed by atoms with Crippen molar-refractivity contribution in [1.29, 1.82) is 0 Å². The second-order valence-corrected chi connectivity index (χ2v) is 6.76. The highest BCUT2D eigenvalue weighted by Crippen LogP contribution is 2.32. The van der Waals surface area contributed by atoms with E-state index in [4.69, 9.17) is 9.47 Å². The van der Waals surface area contributed by atoms with Gasteiger partial charge in [0.25, 0.3) is 5.91 Å². The summed E-state index contributed by atoms with van der Waals surface area (Å²) >= 11 is 0. The fourth-order valence-electron chi connectivity index (χ4n) is 4.15. The molecule has 0 unspecified atom stereocenters. The van der Waals surface area contributed by atoms with Crippen LogP contribution in [0.1, 0.15) is 23.3 Å². The average molecular weight is 332 g/mol. The Labute approximate surface area is 142 Å². The lowest BCUT2D eigenvalue weighted by molar-refractivity contribution is -0.121. The minimum absolute atomic E-state index is 0.000294. The van der Waals surface area contributed by atoms with E-state index in [1.165, 1.54) is 6.33 Å². The van der Waals surface area contributed by atoms with Crippen molar-refractivity contribution in [2.75, 3.05) is 46.0 Å². The molecule has 4 heterocycles. The maximum Gasteiger partial charge on any atom is 0.272 e. The maximum absolute atomic E-state index is 12.9. The Bertz CT molecular complexity index is 564. The quantitative estimate of drug-likeness (QED) is 0.782. The van der Waals surface area contributed by atoms with Gasteiger partial charge in [-0.3, -0.25) is 9.69 Å². The van der Waals surface area contributed by atoms with Crippen LogP contribution in [0.5, 0.6) is 0 Å². The molecule has 3 atom stereocenters. The SMILES string of the molecule is O=C(c1ccncn1)N1C[C@@H]2CCCO[C@@H]2[C@H](N2CCOCC2)C1. The third-order valence-corrected chi connectivity index (χ3v) is 5.34. The van der Waals surface area contributed by atoms with Gasteiger partial charge >= 0.3 is 0 Å². The van der Waals surface area contributed by atoms with E-state index in [1.807, 2.05) is 4.90 Å². The highest BCUT2D eigenvalue weighted by Gasteiger charge is 2.43. The molecule has 3 aliphatic rings. The number of fused-ring (bicyclic) bond motifs is 1. The van der Waals surface area contributed by atoms with Crippen molar-refractivity contribution in [2.45, 2.75) is 25.0 Å². The lowest BCUT2D eigenvalue weighted by atomic mass is 9.84. The first-order valence-electron chi connectivity index (χ1n) is 8.81. The van der Waals surface area contributed by atoms with E-state index in [2.05, 4.69) is 14.9 Å². The first-order valence-corrected chi connectivity index (χ1v) is 8.81. The summed E-state index contributed by atoms with van der Waals surface area (Å²) in [6.45, 7) is 5.63. The normalized spacial score (nSPS) is 31.5. The standard InChI is InChI=1S/C17H24N4O3/c22-17(14-3-4-18-12-19-14)21-10-13-2-1-7-24-16(13)15(11-21)20-5-8-23-9-6-20/h3-4,12-13,15-16H,1-2,5-11H2/t13-,15+,16-/m0/s1. The van der Waals surface area contributed by atoms with E-state index < -0.39 is 0 Å². The van der Waals surface area contributed by atoms with Crippen molar-refractivity contribution >= 4 is 5.91 Å². The highest BCUT2D eigenvalue weighted by atomic mass is 16.5. The largest absolute Gasteiger partial charge is 0.379 e. The third kappa shape index (κ3) is 3.16. The molecule has 0 aliphatic carbocycles. The van der Waals surface area contributed by atoms with Crippen molar-refractivity contribution < 1.29 is 14.3 Å². The van der Waals surface area contributed by atoms with Gasteiger partial charge in [-0.1, -0.05) is 0 Å². The Balaban J connectivity index is 1.54. The number of ether oxygens (including phenoxy) is 2. The molecule has 0 bridgehead atoms. The zero-order valence-electron chi connectivity index (χ0n) is 13.8. The molecule has 4 rings (SSSR count). The van der Waals surface area contributed by atoms with Crippen LogP contribution in [0.2, 0.25) is 0 Å². The number of nitrogens with zero attached hydrogens (tertiary/aromatic N) is 4. The van der Waals surface area contributed by atoms with Gasteiger partial charge in [-0.05, 0) is 18.9 Å². The molecule has 0 N–H and O–H groups in total. The summed E-state index contributed by atoms with van der Waals surface area (Å²) in [5, 5.41) is 0. The summed E-state index contributed by atoms with van der Waals surface area (Å²) in [5.41, 5.74) is 0.473. The lowest BCUT2D eigenvalue weighted by Crippen LogP contribution is -2.63. The fraction of sp³-hybridized carbons (Fsp3) is 0.706. The maximum atomic E-state index is 12.9. The van der Waals surface area contributed by atoms with Gasteiger partial charge in [0.2, 0.25) is 0 Å². The van der Waals surface area contributed by atoms with Gasteiger partial charge in [0.15, 0.2) is 0 Å². The van der Waals surface area contributed by atoms with Crippen molar-refractivity contribution in [3.8, 4) is 0 Å². The molecular formula is C17H24N4O3. The summed E-state index contributed by atoms with van der Waals surface area (Å²) in [7, 11) is 0. The Hall–Kier alpha value is -1.57. The first kappa shape index (κ1) is 15.9. The second-order valence-electron chi connectivity index (χ2n) is 6.76. The van der Waals surface area contributed by atoms with Crippen LogP contribution in [0.3, 0.4) is 0 Å². The van der Waals surface area contributed by atoms with Crippen LogP contribution in [0.15, 0.2) is 18.6 Å². The van der Waals surface area contributed by atoms with Crippen LogP contribution in [-0.2, 0) is 9.47 Å². The molecule has 3 fully saturated rings. The minimum Gasteiger partial charge on any atom is -0.379 e. The summed E-state index contributed by atoms with van der Waals surface area (Å²) in [6, 6.07) is 1.94. The number of carbonyl (C=O) groups excluding carboxylic acids is 1. The molecule has 0 radical (unpaired) electrons. The number of hydrogen-bond donors (Lipinski definition) is 0. The molecule has 24 heavy (non-hydrogen) atoms. The van der Waals surface area contributed by atoms with Crippen molar-refractivity contribution in [1.82, 2.24) is 19.8 Å². The Morgan fingerprint density at radius 3 is 2.88 bits per heavy atom. The zero-order chi connectivity index (χ0) is 16.4. The molecule has 7 heteroatoms. The Kier molecular flexibility index (Phi) is 4.73. The first-order chi connectivity index (χ1) is 11.8. The van der Waals surface area contributed by atoms with Crippen LogP contribution in [-0.4, -0.2) is 83.8 Å². The number of likely N-dealkylation sites (tertiary alicyclic amines) is 1. The monoisotopic (exact) mass is 332 g/mol. The van der Waals surface area contributed by atoms with Gasteiger partial charge in [-0.15, -0.1) is 0 Å². The number of amides is 1. The molecule has 1 aromatic heterocycles. The van der Waals surface area contributed by atoms with E-state index >= 15 is 0 Å². The van der Waals surface area contributed by atoms with Gasteiger partial charge in [0.1, 0.15) is 12.0 Å². The lowest BCUT2D eigenvalue weighted by Gasteiger charge is -2.50. The van der Waals surface area contributed by atoms with Gasteiger partial charge in [0.05, 0.1) is 25.4 Å². The van der Waals surface area contributed by atoms with Crippen LogP contribution in [0.25, 0.3) is 0 Å². The second kappa shape index (κ2) is 7.13. The fourth-order valence-corrected chi connectivity index (χ4v) is 4.15. The Morgan fingerprint density at radius 2 is 2.08 bits per heavy atom. The molecule has 0 spiro atoms. The molecule has 0 aromatic carbocycles. The molecule has 3 aliphatic heterocycles. The van der Waals surface area contributed by atoms with Crippen LogP contribution >= 0.6 is 0 Å². The molecule has 0 saturated carbocycles. The van der Waals surface area contributed by atoms with Gasteiger partial charge in [-0.25, -0.2) is 9.97 Å². The number of piperidine rings is 1. The summed E-state index contributed by atoms with van der Waals surface area (Å²) in [6.07, 6.45) is 5.48. The smallest absolute Gasteiger partial charge is 0.272 e. The van der Waals surface area contributed by atoms with Crippen LogP contribution < -0.4 is 0 Å². The van der Waals surface area contributed by atoms with E-state index in [1.54, 1.807) is 12.3 Å². The highest BCUT2D eigenvalue weighted by molar-refractivity contribution is 5.92. The number of morpholine rings is 1. The van der Waals surface area contributed by atoms with Crippen molar-refractivity contribution in [3.05, 3.63) is 24.3 Å². The van der Waals surface area contributed by atoms with Crippen LogP contribution in [0, 0.1) is 5.92 Å². The number of carbonyl (C=O) groups is 1. The Morgan fingerprint density at radius 1 is 1.21 bits per heavy atom. The molecule has 1 aromatic rings. The molecule has 7 nitrogen and oxygen atoms in total. The average Bonchev–Trinajstić information content (AvgIpc) is 2.68. The summed E-state index contributed by atoms with van der Waals surface area (Å²) in [4.78, 5) is 25.3. The van der Waals surface area contributed by atoms with Gasteiger partial charge in [0, 0.05) is 44.9 Å². The van der Waals surface area contributed by atoms with E-state index in [0.29, 0.717) is 18.2 Å².